The standard InChI is InChI=1S/C55H37NS/c1-4-16-38(17-5-1)39-30-32-43(33-31-39)56(45-34-35-48-47-24-11-13-29-52(47)57-53(48)37-45)44-23-14-18-40(36-44)46-26-15-28-51-54(46)49-25-10-12-27-50(49)55(51,41-19-6-2-7-20-41)42-21-8-3-9-22-42/h1-37H. The van der Waals surface area contributed by atoms with Crippen molar-refractivity contribution in [3.05, 3.63) is 247 Å². The van der Waals surface area contributed by atoms with Gasteiger partial charge in [-0.05, 0) is 98.1 Å². The van der Waals surface area contributed by atoms with Crippen molar-refractivity contribution >= 4 is 48.6 Å². The minimum Gasteiger partial charge on any atom is -0.310 e. The van der Waals surface area contributed by atoms with Crippen molar-refractivity contribution in [3.8, 4) is 33.4 Å². The van der Waals surface area contributed by atoms with Gasteiger partial charge in [0.15, 0.2) is 0 Å². The Balaban J connectivity index is 1.11. The molecule has 1 nitrogen and oxygen atoms in total. The predicted octanol–water partition coefficient (Wildman–Crippen LogP) is 15.2. The first-order valence-corrected chi connectivity index (χ1v) is 20.4. The lowest BCUT2D eigenvalue weighted by atomic mass is 9.67. The Kier molecular flexibility index (Phi) is 7.98. The zero-order valence-corrected chi connectivity index (χ0v) is 32.0. The van der Waals surface area contributed by atoms with Gasteiger partial charge in [0.1, 0.15) is 0 Å². The van der Waals surface area contributed by atoms with Crippen molar-refractivity contribution in [2.45, 2.75) is 5.41 Å². The lowest BCUT2D eigenvalue weighted by Crippen LogP contribution is -2.28. The molecule has 10 aromatic rings. The molecule has 1 aliphatic rings. The first-order chi connectivity index (χ1) is 28.3. The van der Waals surface area contributed by atoms with Crippen molar-refractivity contribution < 1.29 is 0 Å². The molecule has 0 saturated heterocycles. The van der Waals surface area contributed by atoms with Crippen LogP contribution in [0.15, 0.2) is 224 Å². The number of anilines is 3. The van der Waals surface area contributed by atoms with Gasteiger partial charge in [-0.2, -0.15) is 0 Å². The maximum absolute atomic E-state index is 2.41. The maximum atomic E-state index is 2.41. The Morgan fingerprint density at radius 2 is 0.877 bits per heavy atom. The van der Waals surface area contributed by atoms with E-state index in [1.807, 2.05) is 11.3 Å². The fourth-order valence-electron chi connectivity index (χ4n) is 9.28. The van der Waals surface area contributed by atoms with Crippen LogP contribution in [0, 0.1) is 0 Å². The fourth-order valence-corrected chi connectivity index (χ4v) is 10.4. The number of thiophene rings is 1. The van der Waals surface area contributed by atoms with E-state index in [1.54, 1.807) is 0 Å². The average Bonchev–Trinajstić information content (AvgIpc) is 3.81. The minimum absolute atomic E-state index is 0.450. The third-order valence-corrected chi connectivity index (χ3v) is 12.9. The average molecular weight is 744 g/mol. The van der Waals surface area contributed by atoms with E-state index in [-0.39, 0.29) is 0 Å². The van der Waals surface area contributed by atoms with Gasteiger partial charge in [-0.1, -0.05) is 182 Å². The Morgan fingerprint density at radius 3 is 1.65 bits per heavy atom. The summed E-state index contributed by atoms with van der Waals surface area (Å²) in [4.78, 5) is 2.41. The quantitative estimate of drug-likeness (QED) is 0.157. The van der Waals surface area contributed by atoms with Crippen molar-refractivity contribution in [1.29, 1.82) is 0 Å². The molecule has 0 fully saturated rings. The molecule has 0 unspecified atom stereocenters. The van der Waals surface area contributed by atoms with Gasteiger partial charge >= 0.3 is 0 Å². The third kappa shape index (κ3) is 5.37. The summed E-state index contributed by atoms with van der Waals surface area (Å²) >= 11 is 1.86. The highest BCUT2D eigenvalue weighted by Crippen LogP contribution is 2.58. The van der Waals surface area contributed by atoms with Crippen LogP contribution in [-0.2, 0) is 5.41 Å². The molecule has 0 spiro atoms. The van der Waals surface area contributed by atoms with Crippen molar-refractivity contribution in [2.24, 2.45) is 0 Å². The zero-order valence-electron chi connectivity index (χ0n) is 31.2. The molecule has 1 aliphatic carbocycles. The second-order valence-electron chi connectivity index (χ2n) is 14.8. The van der Waals surface area contributed by atoms with E-state index in [4.69, 9.17) is 0 Å². The number of hydrogen-bond donors (Lipinski definition) is 0. The highest BCUT2D eigenvalue weighted by molar-refractivity contribution is 7.25. The molecule has 0 N–H and O–H groups in total. The predicted molar refractivity (Wildman–Crippen MR) is 242 cm³/mol. The summed E-state index contributed by atoms with van der Waals surface area (Å²) in [5.74, 6) is 0. The minimum atomic E-state index is -0.450. The number of fused-ring (bicyclic) bond motifs is 6. The van der Waals surface area contributed by atoms with E-state index < -0.39 is 5.41 Å². The van der Waals surface area contributed by atoms with Crippen LogP contribution < -0.4 is 4.90 Å². The van der Waals surface area contributed by atoms with Crippen LogP contribution in [0.4, 0.5) is 17.1 Å². The highest BCUT2D eigenvalue weighted by atomic mass is 32.1. The second-order valence-corrected chi connectivity index (χ2v) is 15.9. The molecule has 1 heterocycles. The Hall–Kier alpha value is -7.00. The third-order valence-electron chi connectivity index (χ3n) is 11.8. The van der Waals surface area contributed by atoms with Gasteiger partial charge in [-0.25, -0.2) is 0 Å². The van der Waals surface area contributed by atoms with Crippen LogP contribution in [-0.4, -0.2) is 0 Å². The SMILES string of the molecule is c1ccc(-c2ccc(N(c3cccc(-c4cccc5c4-c4ccccc4C5(c4ccccc4)c4ccccc4)c3)c3ccc4c(c3)sc3ccccc34)cc2)cc1. The zero-order chi connectivity index (χ0) is 37.8. The first-order valence-electron chi connectivity index (χ1n) is 19.6. The Bertz CT molecular complexity index is 3020. The largest absolute Gasteiger partial charge is 0.310 e. The van der Waals surface area contributed by atoms with Gasteiger partial charge in [0.05, 0.1) is 5.41 Å². The van der Waals surface area contributed by atoms with Gasteiger partial charge in [-0.15, -0.1) is 11.3 Å². The molecule has 11 rings (SSSR count). The molecule has 0 atom stereocenters. The van der Waals surface area contributed by atoms with E-state index in [0.29, 0.717) is 0 Å². The summed E-state index contributed by atoms with van der Waals surface area (Å²) in [6.07, 6.45) is 0. The molecule has 0 amide bonds. The van der Waals surface area contributed by atoms with Crippen LogP contribution >= 0.6 is 11.3 Å². The topological polar surface area (TPSA) is 3.24 Å². The van der Waals surface area contributed by atoms with E-state index in [2.05, 4.69) is 229 Å². The van der Waals surface area contributed by atoms with E-state index in [0.717, 1.165) is 17.1 Å². The second kappa shape index (κ2) is 13.6. The molecule has 0 radical (unpaired) electrons. The van der Waals surface area contributed by atoms with Gasteiger partial charge in [0, 0.05) is 37.2 Å². The summed E-state index contributed by atoms with van der Waals surface area (Å²) < 4.78 is 2.59. The van der Waals surface area contributed by atoms with E-state index >= 15 is 0 Å². The summed E-state index contributed by atoms with van der Waals surface area (Å²) in [5.41, 5.74) is 15.5. The highest BCUT2D eigenvalue weighted by Gasteiger charge is 2.46. The number of hydrogen-bond acceptors (Lipinski definition) is 2. The van der Waals surface area contributed by atoms with Crippen molar-refractivity contribution in [2.75, 3.05) is 4.90 Å². The molecule has 1 aromatic heterocycles. The molecule has 0 aliphatic heterocycles. The van der Waals surface area contributed by atoms with E-state index in [9.17, 15) is 0 Å². The van der Waals surface area contributed by atoms with Crippen LogP contribution in [0.25, 0.3) is 53.6 Å². The Morgan fingerprint density at radius 1 is 0.333 bits per heavy atom. The molecule has 2 heteroatoms. The van der Waals surface area contributed by atoms with Gasteiger partial charge in [0.2, 0.25) is 0 Å². The molecule has 0 bridgehead atoms. The molecule has 9 aromatic carbocycles. The molecule has 0 saturated carbocycles. The fraction of sp³-hybridized carbons (Fsp3) is 0.0182. The smallest absolute Gasteiger partial charge is 0.0713 e. The van der Waals surface area contributed by atoms with Crippen molar-refractivity contribution in [3.63, 3.8) is 0 Å². The molecular weight excluding hydrogens is 707 g/mol. The van der Waals surface area contributed by atoms with Crippen LogP contribution in [0.3, 0.4) is 0 Å². The summed E-state index contributed by atoms with van der Waals surface area (Å²) in [7, 11) is 0. The van der Waals surface area contributed by atoms with Crippen molar-refractivity contribution in [1.82, 2.24) is 0 Å². The Labute approximate surface area is 337 Å². The van der Waals surface area contributed by atoms with Crippen LogP contribution in [0.2, 0.25) is 0 Å². The van der Waals surface area contributed by atoms with Gasteiger partial charge in [0.25, 0.3) is 0 Å². The monoisotopic (exact) mass is 743 g/mol. The van der Waals surface area contributed by atoms with E-state index in [1.165, 1.54) is 75.8 Å². The lowest BCUT2D eigenvalue weighted by molar-refractivity contribution is 0.768. The molecular formula is C55H37NS. The summed E-state index contributed by atoms with van der Waals surface area (Å²) in [6.45, 7) is 0. The maximum Gasteiger partial charge on any atom is 0.0713 e. The van der Waals surface area contributed by atoms with Crippen LogP contribution in [0.5, 0.6) is 0 Å². The normalized spacial score (nSPS) is 12.7. The summed E-state index contributed by atoms with van der Waals surface area (Å²) in [5, 5.41) is 2.61. The van der Waals surface area contributed by atoms with Gasteiger partial charge in [-0.3, -0.25) is 0 Å². The molecule has 57 heavy (non-hydrogen) atoms. The number of nitrogens with zero attached hydrogens (tertiary/aromatic N) is 1. The van der Waals surface area contributed by atoms with Gasteiger partial charge < -0.3 is 4.90 Å². The first kappa shape index (κ1) is 33.3. The summed E-state index contributed by atoms with van der Waals surface area (Å²) in [6, 6.07) is 82.4. The number of rotatable bonds is 7. The molecule has 268 valence electrons. The number of benzene rings is 9. The lowest BCUT2D eigenvalue weighted by Gasteiger charge is -2.34. The van der Waals surface area contributed by atoms with Crippen LogP contribution in [0.1, 0.15) is 22.3 Å².